The summed E-state index contributed by atoms with van der Waals surface area (Å²) in [5.74, 6) is 0.181. The number of anilines is 2. The molecule has 7 nitrogen and oxygen atoms in total. The fourth-order valence-corrected chi connectivity index (χ4v) is 2.92. The molecule has 1 amide bonds. The Kier molecular flexibility index (Phi) is 5.34. The molecule has 7 heteroatoms. The summed E-state index contributed by atoms with van der Waals surface area (Å²) in [5, 5.41) is 17.5. The number of phenols is 1. The minimum atomic E-state index is -0.410. The van der Waals surface area contributed by atoms with Gasteiger partial charge in [-0.2, -0.15) is 0 Å². The molecule has 0 unspecified atom stereocenters. The zero-order valence-corrected chi connectivity index (χ0v) is 16.1. The standard InChI is InChI=1S/C23H19N3O4/c1-29-20-10-6-5-9-19(20)24-22(28)18-13-15-11-12-17(27)14-21(15)30-23(18)26-25-16-7-3-2-4-8-16/h2-14,25,27H,1H3,(H,24,28)/b26-23+. The summed E-state index contributed by atoms with van der Waals surface area (Å²) in [7, 11) is 1.54. The zero-order chi connectivity index (χ0) is 20.9. The predicted octanol–water partition coefficient (Wildman–Crippen LogP) is 4.33. The van der Waals surface area contributed by atoms with Crippen LogP contribution in [0.4, 0.5) is 11.4 Å². The number of rotatable bonds is 5. The Morgan fingerprint density at radius 1 is 1.00 bits per heavy atom. The van der Waals surface area contributed by atoms with Crippen LogP contribution in [-0.4, -0.2) is 18.1 Å². The number of phenolic OH excluding ortho intramolecular Hbond substituents is 1. The van der Waals surface area contributed by atoms with Crippen LogP contribution < -0.4 is 21.0 Å². The highest BCUT2D eigenvalue weighted by molar-refractivity contribution is 6.06. The number of benzene rings is 3. The van der Waals surface area contributed by atoms with Gasteiger partial charge in [0.15, 0.2) is 0 Å². The maximum Gasteiger partial charge on any atom is 0.261 e. The number of carbonyl (C=O) groups is 1. The lowest BCUT2D eigenvalue weighted by atomic mass is 10.1. The van der Waals surface area contributed by atoms with Gasteiger partial charge < -0.3 is 19.6 Å². The highest BCUT2D eigenvalue weighted by atomic mass is 16.5. The third-order valence-corrected chi connectivity index (χ3v) is 4.39. The molecule has 0 aliphatic rings. The third kappa shape index (κ3) is 4.10. The molecule has 1 aromatic heterocycles. The molecule has 4 aromatic rings. The predicted molar refractivity (Wildman–Crippen MR) is 114 cm³/mol. The van der Waals surface area contributed by atoms with Gasteiger partial charge in [0.05, 0.1) is 18.5 Å². The van der Waals surface area contributed by atoms with Gasteiger partial charge in [-0.05, 0) is 42.5 Å². The Bertz CT molecular complexity index is 1270. The van der Waals surface area contributed by atoms with Gasteiger partial charge in [0.2, 0.25) is 5.55 Å². The number of nitrogens with zero attached hydrogens (tertiary/aromatic N) is 1. The number of methoxy groups -OCH3 is 1. The first-order valence-corrected chi connectivity index (χ1v) is 9.20. The second kappa shape index (κ2) is 8.40. The maximum atomic E-state index is 13.1. The Balaban J connectivity index is 1.78. The van der Waals surface area contributed by atoms with Crippen molar-refractivity contribution in [3.63, 3.8) is 0 Å². The number of ether oxygens (including phenoxy) is 1. The second-order valence-electron chi connectivity index (χ2n) is 6.43. The van der Waals surface area contributed by atoms with Gasteiger partial charge in [-0.25, -0.2) is 0 Å². The van der Waals surface area contributed by atoms with Crippen LogP contribution in [0.3, 0.4) is 0 Å². The average Bonchev–Trinajstić information content (AvgIpc) is 2.78. The van der Waals surface area contributed by atoms with Crippen molar-refractivity contribution >= 4 is 28.3 Å². The Morgan fingerprint density at radius 2 is 1.77 bits per heavy atom. The first-order chi connectivity index (χ1) is 14.6. The summed E-state index contributed by atoms with van der Waals surface area (Å²) in [6.45, 7) is 0. The van der Waals surface area contributed by atoms with Crippen LogP contribution in [0.1, 0.15) is 10.4 Å². The molecule has 0 aliphatic heterocycles. The van der Waals surface area contributed by atoms with Crippen molar-refractivity contribution < 1.29 is 19.1 Å². The van der Waals surface area contributed by atoms with Crippen molar-refractivity contribution in [3.8, 4) is 11.5 Å². The number of hydrogen-bond donors (Lipinski definition) is 3. The van der Waals surface area contributed by atoms with Crippen LogP contribution in [-0.2, 0) is 0 Å². The zero-order valence-electron chi connectivity index (χ0n) is 16.1. The van der Waals surface area contributed by atoms with Gasteiger partial charge in [0.1, 0.15) is 22.6 Å². The van der Waals surface area contributed by atoms with Gasteiger partial charge in [0, 0.05) is 11.5 Å². The number of carbonyl (C=O) groups excluding carboxylic acids is 1. The molecule has 0 aliphatic carbocycles. The molecule has 0 fully saturated rings. The normalized spacial score (nSPS) is 11.3. The summed E-state index contributed by atoms with van der Waals surface area (Å²) >= 11 is 0. The van der Waals surface area contributed by atoms with Gasteiger partial charge >= 0.3 is 0 Å². The molecule has 4 rings (SSSR count). The molecule has 0 bridgehead atoms. The van der Waals surface area contributed by atoms with E-state index in [1.165, 1.54) is 19.2 Å². The molecule has 1 heterocycles. The van der Waals surface area contributed by atoms with E-state index in [-0.39, 0.29) is 16.9 Å². The first kappa shape index (κ1) is 19.1. The Labute approximate surface area is 172 Å². The molecule has 0 spiro atoms. The molecule has 0 atom stereocenters. The Hall–Kier alpha value is -4.26. The van der Waals surface area contributed by atoms with Crippen molar-refractivity contribution in [2.24, 2.45) is 5.10 Å². The molecule has 30 heavy (non-hydrogen) atoms. The van der Waals surface area contributed by atoms with E-state index in [2.05, 4.69) is 15.8 Å². The molecule has 0 saturated carbocycles. The molecule has 0 saturated heterocycles. The number of aromatic hydroxyl groups is 1. The molecule has 0 radical (unpaired) electrons. The van der Waals surface area contributed by atoms with Crippen LogP contribution in [0.15, 0.2) is 88.4 Å². The lowest BCUT2D eigenvalue weighted by Crippen LogP contribution is -2.23. The van der Waals surface area contributed by atoms with Crippen molar-refractivity contribution in [1.29, 1.82) is 0 Å². The van der Waals surface area contributed by atoms with E-state index in [0.29, 0.717) is 22.4 Å². The average molecular weight is 401 g/mol. The SMILES string of the molecule is COc1ccccc1NC(=O)c1cc2ccc(O)cc2o/c1=N/Nc1ccccc1. The fraction of sp³-hybridized carbons (Fsp3) is 0.0435. The summed E-state index contributed by atoms with van der Waals surface area (Å²) < 4.78 is 11.1. The third-order valence-electron chi connectivity index (χ3n) is 4.39. The summed E-state index contributed by atoms with van der Waals surface area (Å²) in [4.78, 5) is 13.1. The molecular weight excluding hydrogens is 382 g/mol. The highest BCUT2D eigenvalue weighted by Gasteiger charge is 2.15. The molecular formula is C23H19N3O4. The molecule has 3 aromatic carbocycles. The van der Waals surface area contributed by atoms with Crippen molar-refractivity contribution in [2.45, 2.75) is 0 Å². The van der Waals surface area contributed by atoms with Crippen LogP contribution >= 0.6 is 0 Å². The lowest BCUT2D eigenvalue weighted by Gasteiger charge is -2.10. The van der Waals surface area contributed by atoms with Crippen molar-refractivity contribution in [3.05, 3.63) is 90.0 Å². The summed E-state index contributed by atoms with van der Waals surface area (Å²) in [6.07, 6.45) is 0. The Morgan fingerprint density at radius 3 is 2.57 bits per heavy atom. The van der Waals surface area contributed by atoms with Crippen LogP contribution in [0.2, 0.25) is 0 Å². The number of hydrogen-bond acceptors (Lipinski definition) is 6. The van der Waals surface area contributed by atoms with E-state index in [1.807, 2.05) is 36.4 Å². The van der Waals surface area contributed by atoms with Crippen LogP contribution in [0, 0.1) is 0 Å². The van der Waals surface area contributed by atoms with E-state index in [0.717, 1.165) is 5.69 Å². The van der Waals surface area contributed by atoms with Crippen LogP contribution in [0.5, 0.6) is 11.5 Å². The minimum Gasteiger partial charge on any atom is -0.508 e. The van der Waals surface area contributed by atoms with Gasteiger partial charge in [-0.15, -0.1) is 5.10 Å². The van der Waals surface area contributed by atoms with Crippen molar-refractivity contribution in [1.82, 2.24) is 0 Å². The molecule has 3 N–H and O–H groups in total. The number of amides is 1. The van der Waals surface area contributed by atoms with E-state index >= 15 is 0 Å². The van der Waals surface area contributed by atoms with E-state index in [4.69, 9.17) is 9.15 Å². The fourth-order valence-electron chi connectivity index (χ4n) is 2.92. The first-order valence-electron chi connectivity index (χ1n) is 9.20. The number of fused-ring (bicyclic) bond motifs is 1. The second-order valence-corrected chi connectivity index (χ2v) is 6.43. The lowest BCUT2D eigenvalue weighted by molar-refractivity contribution is 0.102. The van der Waals surface area contributed by atoms with Gasteiger partial charge in [-0.3, -0.25) is 10.2 Å². The maximum absolute atomic E-state index is 13.1. The quantitative estimate of drug-likeness (QED) is 0.433. The van der Waals surface area contributed by atoms with Gasteiger partial charge in [-0.1, -0.05) is 30.3 Å². The monoisotopic (exact) mass is 401 g/mol. The smallest absolute Gasteiger partial charge is 0.261 e. The van der Waals surface area contributed by atoms with Gasteiger partial charge in [0.25, 0.3) is 5.91 Å². The van der Waals surface area contributed by atoms with Crippen molar-refractivity contribution in [2.75, 3.05) is 17.9 Å². The van der Waals surface area contributed by atoms with E-state index in [9.17, 15) is 9.90 Å². The number of nitrogens with one attached hydrogen (secondary N) is 2. The largest absolute Gasteiger partial charge is 0.508 e. The summed E-state index contributed by atoms with van der Waals surface area (Å²) in [5.41, 5.74) is 4.85. The van der Waals surface area contributed by atoms with Crippen LogP contribution in [0.25, 0.3) is 11.0 Å². The van der Waals surface area contributed by atoms with E-state index in [1.54, 1.807) is 30.3 Å². The number of para-hydroxylation sites is 3. The molecule has 150 valence electrons. The topological polar surface area (TPSA) is 96.1 Å². The minimum absolute atomic E-state index is 0.0550. The highest BCUT2D eigenvalue weighted by Crippen LogP contribution is 2.24. The van der Waals surface area contributed by atoms with E-state index < -0.39 is 5.91 Å². The summed E-state index contributed by atoms with van der Waals surface area (Å²) in [6, 6.07) is 22.7.